The molecular weight excluding hydrogens is 184 g/mol. The van der Waals surface area contributed by atoms with Gasteiger partial charge in [-0.15, -0.1) is 0 Å². The number of rotatable bonds is 2. The number of aromatic nitrogens is 2. The molecule has 1 aromatic rings. The van der Waals surface area contributed by atoms with Crippen molar-refractivity contribution in [2.75, 3.05) is 0 Å². The van der Waals surface area contributed by atoms with Crippen LogP contribution in [-0.4, -0.2) is 20.6 Å². The molecule has 1 N–H and O–H groups in total. The highest BCUT2D eigenvalue weighted by Gasteiger charge is 2.30. The van der Waals surface area contributed by atoms with Gasteiger partial charge in [0.2, 0.25) is 0 Å². The zero-order chi connectivity index (χ0) is 10.9. The maximum Gasteiger partial charge on any atom is 0.329 e. The van der Waals surface area contributed by atoms with Gasteiger partial charge in [-0.25, -0.2) is 9.78 Å². The Labute approximate surface area is 81.0 Å². The van der Waals surface area contributed by atoms with Gasteiger partial charge in [-0.1, -0.05) is 0 Å². The minimum Gasteiger partial charge on any atom is -0.480 e. The largest absolute Gasteiger partial charge is 0.480 e. The summed E-state index contributed by atoms with van der Waals surface area (Å²) in [7, 11) is 0. The topological polar surface area (TPSA) is 72.2 Å². The first-order valence-corrected chi connectivity index (χ1v) is 4.15. The molecule has 0 spiro atoms. The molecule has 5 heteroatoms. The predicted octanol–water partition coefficient (Wildman–Crippen LogP) is 0.371. The van der Waals surface area contributed by atoms with E-state index < -0.39 is 11.5 Å². The molecule has 0 atom stereocenters. The molecule has 0 radical (unpaired) electrons. The van der Waals surface area contributed by atoms with Crippen LogP contribution in [0.25, 0.3) is 0 Å². The summed E-state index contributed by atoms with van der Waals surface area (Å²) in [5.74, 6) is -1.06. The second kappa shape index (κ2) is 3.25. The summed E-state index contributed by atoms with van der Waals surface area (Å²) >= 11 is 0. The molecule has 76 valence electrons. The molecule has 0 aliphatic carbocycles. The van der Waals surface area contributed by atoms with Crippen LogP contribution in [0.1, 0.15) is 19.5 Å². The number of carbonyl (C=O) groups is 1. The molecule has 0 fully saturated rings. The van der Waals surface area contributed by atoms with Gasteiger partial charge in [0.05, 0.1) is 6.33 Å². The molecule has 1 heterocycles. The lowest BCUT2D eigenvalue weighted by atomic mass is 10.1. The van der Waals surface area contributed by atoms with E-state index in [2.05, 4.69) is 4.98 Å². The van der Waals surface area contributed by atoms with Gasteiger partial charge in [0.1, 0.15) is 5.54 Å². The van der Waals surface area contributed by atoms with Crippen LogP contribution >= 0.6 is 0 Å². The lowest BCUT2D eigenvalue weighted by molar-refractivity contribution is -0.145. The van der Waals surface area contributed by atoms with E-state index in [-0.39, 0.29) is 5.56 Å². The standard InChI is InChI=1S/C9H12N2O3/c1-6-4-7(12)11(5-10-6)9(2,3)8(13)14/h4-5H,1-3H3,(H,13,14). The van der Waals surface area contributed by atoms with Gasteiger partial charge in [0.15, 0.2) is 0 Å². The Bertz CT molecular complexity index is 420. The van der Waals surface area contributed by atoms with Crippen molar-refractivity contribution >= 4 is 5.97 Å². The van der Waals surface area contributed by atoms with Crippen LogP contribution in [0.5, 0.6) is 0 Å². The summed E-state index contributed by atoms with van der Waals surface area (Å²) in [6, 6.07) is 1.31. The summed E-state index contributed by atoms with van der Waals surface area (Å²) in [5.41, 5.74) is -1.05. The molecule has 1 aromatic heterocycles. The molecule has 0 saturated heterocycles. The third kappa shape index (κ3) is 1.66. The van der Waals surface area contributed by atoms with E-state index in [1.807, 2.05) is 0 Å². The summed E-state index contributed by atoms with van der Waals surface area (Å²) in [6.07, 6.45) is 1.26. The zero-order valence-electron chi connectivity index (χ0n) is 8.31. The van der Waals surface area contributed by atoms with Crippen molar-refractivity contribution in [3.8, 4) is 0 Å². The minimum absolute atomic E-state index is 0.357. The number of hydrogen-bond donors (Lipinski definition) is 1. The minimum atomic E-state index is -1.27. The lowest BCUT2D eigenvalue weighted by Gasteiger charge is -2.21. The number of nitrogens with zero attached hydrogens (tertiary/aromatic N) is 2. The van der Waals surface area contributed by atoms with Crippen LogP contribution in [0.15, 0.2) is 17.2 Å². The Morgan fingerprint density at radius 1 is 1.57 bits per heavy atom. The quantitative estimate of drug-likeness (QED) is 0.741. The van der Waals surface area contributed by atoms with Crippen molar-refractivity contribution < 1.29 is 9.90 Å². The molecule has 5 nitrogen and oxygen atoms in total. The van der Waals surface area contributed by atoms with Crippen molar-refractivity contribution in [1.82, 2.24) is 9.55 Å². The highest BCUT2D eigenvalue weighted by molar-refractivity contribution is 5.75. The van der Waals surface area contributed by atoms with E-state index in [0.29, 0.717) is 5.69 Å². The monoisotopic (exact) mass is 196 g/mol. The van der Waals surface area contributed by atoms with Crippen molar-refractivity contribution in [3.05, 3.63) is 28.4 Å². The summed E-state index contributed by atoms with van der Waals surface area (Å²) in [5, 5.41) is 8.90. The van der Waals surface area contributed by atoms with Crippen LogP contribution in [0, 0.1) is 6.92 Å². The van der Waals surface area contributed by atoms with E-state index in [1.54, 1.807) is 6.92 Å². The van der Waals surface area contributed by atoms with Gasteiger partial charge < -0.3 is 5.11 Å². The van der Waals surface area contributed by atoms with Crippen LogP contribution in [0.4, 0.5) is 0 Å². The first-order valence-electron chi connectivity index (χ1n) is 4.15. The van der Waals surface area contributed by atoms with Crippen LogP contribution in [0.2, 0.25) is 0 Å². The molecule has 0 unspecified atom stereocenters. The fraction of sp³-hybridized carbons (Fsp3) is 0.444. The predicted molar refractivity (Wildman–Crippen MR) is 50.2 cm³/mol. The summed E-state index contributed by atoms with van der Waals surface area (Å²) in [4.78, 5) is 26.2. The first-order chi connectivity index (χ1) is 6.35. The summed E-state index contributed by atoms with van der Waals surface area (Å²) in [6.45, 7) is 4.58. The molecular formula is C9H12N2O3. The van der Waals surface area contributed by atoms with Crippen molar-refractivity contribution in [1.29, 1.82) is 0 Å². The average Bonchev–Trinajstić information content (AvgIpc) is 2.02. The van der Waals surface area contributed by atoms with Crippen LogP contribution in [0.3, 0.4) is 0 Å². The van der Waals surface area contributed by atoms with E-state index in [0.717, 1.165) is 4.57 Å². The fourth-order valence-corrected chi connectivity index (χ4v) is 1.01. The van der Waals surface area contributed by atoms with Gasteiger partial charge in [-0.05, 0) is 20.8 Å². The Morgan fingerprint density at radius 2 is 2.14 bits per heavy atom. The van der Waals surface area contributed by atoms with Gasteiger partial charge in [-0.3, -0.25) is 9.36 Å². The molecule has 0 amide bonds. The maximum atomic E-state index is 11.5. The van der Waals surface area contributed by atoms with Crippen molar-refractivity contribution in [2.45, 2.75) is 26.3 Å². The van der Waals surface area contributed by atoms with Crippen molar-refractivity contribution in [2.24, 2.45) is 0 Å². The Kier molecular flexibility index (Phi) is 2.42. The second-order valence-corrected chi connectivity index (χ2v) is 3.60. The van der Waals surface area contributed by atoms with Gasteiger partial charge in [0, 0.05) is 11.8 Å². The Morgan fingerprint density at radius 3 is 2.57 bits per heavy atom. The SMILES string of the molecule is Cc1cc(=O)n(C(C)(C)C(=O)O)cn1. The van der Waals surface area contributed by atoms with Crippen molar-refractivity contribution in [3.63, 3.8) is 0 Å². The molecule has 0 bridgehead atoms. The third-order valence-corrected chi connectivity index (χ3v) is 2.07. The zero-order valence-corrected chi connectivity index (χ0v) is 8.31. The number of hydrogen-bond acceptors (Lipinski definition) is 3. The normalized spacial score (nSPS) is 11.4. The highest BCUT2D eigenvalue weighted by atomic mass is 16.4. The molecule has 0 aromatic carbocycles. The van der Waals surface area contributed by atoms with Gasteiger partial charge >= 0.3 is 5.97 Å². The third-order valence-electron chi connectivity index (χ3n) is 2.07. The molecule has 0 saturated carbocycles. The lowest BCUT2D eigenvalue weighted by Crippen LogP contribution is -2.42. The average molecular weight is 196 g/mol. The molecule has 0 aliphatic rings. The van der Waals surface area contributed by atoms with E-state index in [9.17, 15) is 9.59 Å². The first kappa shape index (κ1) is 10.4. The molecule has 0 aliphatic heterocycles. The van der Waals surface area contributed by atoms with E-state index >= 15 is 0 Å². The van der Waals surface area contributed by atoms with Gasteiger partial charge in [-0.2, -0.15) is 0 Å². The van der Waals surface area contributed by atoms with Crippen LogP contribution in [-0.2, 0) is 10.3 Å². The highest BCUT2D eigenvalue weighted by Crippen LogP contribution is 2.11. The number of carboxylic acid groups (broad SMARTS) is 1. The Hall–Kier alpha value is -1.65. The molecule has 14 heavy (non-hydrogen) atoms. The Balaban J connectivity index is 3.34. The maximum absolute atomic E-state index is 11.5. The number of carboxylic acids is 1. The van der Waals surface area contributed by atoms with E-state index in [1.165, 1.54) is 26.2 Å². The van der Waals surface area contributed by atoms with Crippen LogP contribution < -0.4 is 5.56 Å². The van der Waals surface area contributed by atoms with E-state index in [4.69, 9.17) is 5.11 Å². The second-order valence-electron chi connectivity index (χ2n) is 3.60. The number of aryl methyl sites for hydroxylation is 1. The smallest absolute Gasteiger partial charge is 0.329 e. The van der Waals surface area contributed by atoms with Gasteiger partial charge in [0.25, 0.3) is 5.56 Å². The number of aliphatic carboxylic acids is 1. The molecule has 1 rings (SSSR count). The fourth-order valence-electron chi connectivity index (χ4n) is 1.01. The summed E-state index contributed by atoms with van der Waals surface area (Å²) < 4.78 is 1.10.